The quantitative estimate of drug-likeness (QED) is 0.635. The molecule has 1 saturated heterocycles. The number of benzene rings is 1. The number of nitrogens with one attached hydrogen (secondary N) is 1. The van der Waals surface area contributed by atoms with Crippen LogP contribution in [0.3, 0.4) is 0 Å². The van der Waals surface area contributed by atoms with Gasteiger partial charge in [0.25, 0.3) is 5.69 Å². The molecule has 1 fully saturated rings. The maximum Gasteiger partial charge on any atom is 0.269 e. The maximum absolute atomic E-state index is 12.1. The summed E-state index contributed by atoms with van der Waals surface area (Å²) in [6.07, 6.45) is 4.81. The molecule has 0 atom stereocenters. The number of nitro benzene ring substituents is 1. The van der Waals surface area contributed by atoms with Crippen molar-refractivity contribution in [3.05, 3.63) is 34.4 Å². The third-order valence-electron chi connectivity index (χ3n) is 3.78. The van der Waals surface area contributed by atoms with Gasteiger partial charge in [-0.2, -0.15) is 0 Å². The molecule has 22 heavy (non-hydrogen) atoms. The standard InChI is InChI=1S/C14H21N3O4S/c18-17(19)13-5-7-14(8-6-13)22(20,21)15-9-12-16-10-3-1-2-4-11-16/h5-8,15H,1-4,9-12H2. The normalized spacial score (nSPS) is 17.1. The molecule has 1 aromatic carbocycles. The topological polar surface area (TPSA) is 92.5 Å². The van der Waals surface area contributed by atoms with Crippen molar-refractivity contribution in [2.45, 2.75) is 30.6 Å². The third kappa shape index (κ3) is 4.75. The van der Waals surface area contributed by atoms with Crippen LogP contribution in [0, 0.1) is 10.1 Å². The molecule has 0 unspecified atom stereocenters. The highest BCUT2D eigenvalue weighted by Gasteiger charge is 2.16. The molecule has 0 bridgehead atoms. The minimum atomic E-state index is -3.61. The van der Waals surface area contributed by atoms with E-state index in [0.717, 1.165) is 25.9 Å². The summed E-state index contributed by atoms with van der Waals surface area (Å²) < 4.78 is 26.8. The Morgan fingerprint density at radius 1 is 1.09 bits per heavy atom. The number of hydrogen-bond donors (Lipinski definition) is 1. The van der Waals surface area contributed by atoms with Gasteiger partial charge >= 0.3 is 0 Å². The van der Waals surface area contributed by atoms with Crippen LogP contribution < -0.4 is 4.72 Å². The predicted molar refractivity (Wildman–Crippen MR) is 83.2 cm³/mol. The van der Waals surface area contributed by atoms with Gasteiger partial charge in [-0.1, -0.05) is 12.8 Å². The van der Waals surface area contributed by atoms with Gasteiger partial charge in [-0.05, 0) is 38.1 Å². The van der Waals surface area contributed by atoms with Crippen LogP contribution in [-0.2, 0) is 10.0 Å². The van der Waals surface area contributed by atoms with E-state index < -0.39 is 14.9 Å². The Morgan fingerprint density at radius 3 is 2.23 bits per heavy atom. The van der Waals surface area contributed by atoms with E-state index >= 15 is 0 Å². The van der Waals surface area contributed by atoms with Crippen molar-refractivity contribution in [1.82, 2.24) is 9.62 Å². The van der Waals surface area contributed by atoms with Gasteiger partial charge in [-0.3, -0.25) is 10.1 Å². The Kier molecular flexibility index (Phi) is 5.87. The Hall–Kier alpha value is -1.51. The van der Waals surface area contributed by atoms with Crippen molar-refractivity contribution in [3.8, 4) is 0 Å². The summed E-state index contributed by atoms with van der Waals surface area (Å²) in [5.41, 5.74) is -0.122. The second kappa shape index (κ2) is 7.66. The van der Waals surface area contributed by atoms with Gasteiger partial charge in [-0.25, -0.2) is 13.1 Å². The van der Waals surface area contributed by atoms with Crippen LogP contribution in [0.25, 0.3) is 0 Å². The molecule has 2 rings (SSSR count). The van der Waals surface area contributed by atoms with Gasteiger partial charge in [-0.15, -0.1) is 0 Å². The molecule has 8 heteroatoms. The lowest BCUT2D eigenvalue weighted by atomic mass is 10.2. The number of nitro groups is 1. The first-order valence-corrected chi connectivity index (χ1v) is 8.94. The van der Waals surface area contributed by atoms with Gasteiger partial charge in [0, 0.05) is 25.2 Å². The molecule has 0 aromatic heterocycles. The van der Waals surface area contributed by atoms with E-state index in [2.05, 4.69) is 9.62 Å². The van der Waals surface area contributed by atoms with Crippen molar-refractivity contribution < 1.29 is 13.3 Å². The Labute approximate surface area is 130 Å². The minimum absolute atomic E-state index is 0.0500. The highest BCUT2D eigenvalue weighted by atomic mass is 32.2. The minimum Gasteiger partial charge on any atom is -0.302 e. The zero-order valence-electron chi connectivity index (χ0n) is 12.4. The number of rotatable bonds is 6. The molecule has 0 saturated carbocycles. The van der Waals surface area contributed by atoms with Crippen molar-refractivity contribution >= 4 is 15.7 Å². The van der Waals surface area contributed by atoms with Gasteiger partial charge < -0.3 is 4.90 Å². The summed E-state index contributed by atoms with van der Waals surface area (Å²) in [7, 11) is -3.61. The largest absolute Gasteiger partial charge is 0.302 e. The van der Waals surface area contributed by atoms with Crippen molar-refractivity contribution in [2.24, 2.45) is 0 Å². The second-order valence-electron chi connectivity index (χ2n) is 5.40. The SMILES string of the molecule is O=[N+]([O-])c1ccc(S(=O)(=O)NCCN2CCCCCC2)cc1. The Morgan fingerprint density at radius 2 is 1.68 bits per heavy atom. The summed E-state index contributed by atoms with van der Waals surface area (Å²) >= 11 is 0. The van der Waals surface area contributed by atoms with Gasteiger partial charge in [0.05, 0.1) is 9.82 Å². The Balaban J connectivity index is 1.88. The Bertz CT molecular complexity index is 593. The highest BCUT2D eigenvalue weighted by Crippen LogP contribution is 2.15. The summed E-state index contributed by atoms with van der Waals surface area (Å²) in [5.74, 6) is 0. The lowest BCUT2D eigenvalue weighted by molar-refractivity contribution is -0.384. The summed E-state index contributed by atoms with van der Waals surface area (Å²) in [6, 6.07) is 4.91. The molecule has 0 amide bonds. The molecule has 1 heterocycles. The molecule has 122 valence electrons. The van der Waals surface area contributed by atoms with Crippen molar-refractivity contribution in [1.29, 1.82) is 0 Å². The van der Waals surface area contributed by atoms with Gasteiger partial charge in [0.15, 0.2) is 0 Å². The molecule has 0 spiro atoms. The average Bonchev–Trinajstić information content (AvgIpc) is 2.76. The van der Waals surface area contributed by atoms with E-state index in [0.29, 0.717) is 13.1 Å². The van der Waals surface area contributed by atoms with Crippen LogP contribution in [-0.4, -0.2) is 44.4 Å². The molecular formula is C14H21N3O4S. The number of likely N-dealkylation sites (tertiary alicyclic amines) is 1. The molecule has 1 aromatic rings. The van der Waals surface area contributed by atoms with E-state index in [1.807, 2.05) is 0 Å². The van der Waals surface area contributed by atoms with Crippen LogP contribution >= 0.6 is 0 Å². The number of hydrogen-bond acceptors (Lipinski definition) is 5. The lowest BCUT2D eigenvalue weighted by Crippen LogP contribution is -2.35. The van der Waals surface area contributed by atoms with Crippen LogP contribution in [0.15, 0.2) is 29.2 Å². The predicted octanol–water partition coefficient (Wildman–Crippen LogP) is 1.75. The van der Waals surface area contributed by atoms with Gasteiger partial charge in [0.1, 0.15) is 0 Å². The molecule has 0 radical (unpaired) electrons. The average molecular weight is 327 g/mol. The fourth-order valence-electron chi connectivity index (χ4n) is 2.53. The monoisotopic (exact) mass is 327 g/mol. The third-order valence-corrected chi connectivity index (χ3v) is 5.25. The molecular weight excluding hydrogens is 306 g/mol. The highest BCUT2D eigenvalue weighted by molar-refractivity contribution is 7.89. The van der Waals surface area contributed by atoms with E-state index in [9.17, 15) is 18.5 Å². The van der Waals surface area contributed by atoms with E-state index in [1.54, 1.807) is 0 Å². The summed E-state index contributed by atoms with van der Waals surface area (Å²) in [5, 5.41) is 10.6. The van der Waals surface area contributed by atoms with Crippen LogP contribution in [0.5, 0.6) is 0 Å². The summed E-state index contributed by atoms with van der Waals surface area (Å²) in [4.78, 5) is 12.3. The van der Waals surface area contributed by atoms with Gasteiger partial charge in [0.2, 0.25) is 10.0 Å². The van der Waals surface area contributed by atoms with Crippen molar-refractivity contribution in [2.75, 3.05) is 26.2 Å². The first-order valence-electron chi connectivity index (χ1n) is 7.45. The van der Waals surface area contributed by atoms with Crippen LogP contribution in [0.2, 0.25) is 0 Å². The molecule has 1 N–H and O–H groups in total. The van der Waals surface area contributed by atoms with E-state index in [-0.39, 0.29) is 10.6 Å². The first kappa shape index (κ1) is 16.9. The van der Waals surface area contributed by atoms with Crippen molar-refractivity contribution in [3.63, 3.8) is 0 Å². The van der Waals surface area contributed by atoms with E-state index in [4.69, 9.17) is 0 Å². The molecule has 0 aliphatic carbocycles. The maximum atomic E-state index is 12.1. The van der Waals surface area contributed by atoms with Crippen LogP contribution in [0.4, 0.5) is 5.69 Å². The smallest absolute Gasteiger partial charge is 0.269 e. The van der Waals surface area contributed by atoms with Crippen LogP contribution in [0.1, 0.15) is 25.7 Å². The zero-order chi connectivity index (χ0) is 16.0. The lowest BCUT2D eigenvalue weighted by Gasteiger charge is -2.19. The second-order valence-corrected chi connectivity index (χ2v) is 7.17. The first-order chi connectivity index (χ1) is 10.5. The number of sulfonamides is 1. The fraction of sp³-hybridized carbons (Fsp3) is 0.571. The summed E-state index contributed by atoms with van der Waals surface area (Å²) in [6.45, 7) is 3.06. The molecule has 1 aliphatic heterocycles. The van der Waals surface area contributed by atoms with E-state index in [1.165, 1.54) is 37.1 Å². The molecule has 7 nitrogen and oxygen atoms in total. The number of nitrogens with zero attached hydrogens (tertiary/aromatic N) is 2. The number of non-ortho nitro benzene ring substituents is 1. The fourth-order valence-corrected chi connectivity index (χ4v) is 3.55. The zero-order valence-corrected chi connectivity index (χ0v) is 13.2. The molecule has 1 aliphatic rings.